The normalized spacial score (nSPS) is 21.8. The molecule has 1 heterocycles. The molecule has 0 radical (unpaired) electrons. The van der Waals surface area contributed by atoms with Crippen LogP contribution in [0.25, 0.3) is 0 Å². The molecule has 1 amide bonds. The number of hydrogen-bond donors (Lipinski definition) is 1. The third kappa shape index (κ3) is 3.23. The van der Waals surface area contributed by atoms with Gasteiger partial charge in [0.15, 0.2) is 9.84 Å². The Hall–Kier alpha value is -0.630. The maximum Gasteiger partial charge on any atom is 0.228 e. The van der Waals surface area contributed by atoms with E-state index in [4.69, 9.17) is 0 Å². The van der Waals surface area contributed by atoms with Crippen LogP contribution in [0.3, 0.4) is 0 Å². The number of aryl methyl sites for hydroxylation is 1. The summed E-state index contributed by atoms with van der Waals surface area (Å²) in [6, 6.07) is 5.65. The van der Waals surface area contributed by atoms with Crippen LogP contribution < -0.4 is 5.32 Å². The molecule has 6 heteroatoms. The predicted molar refractivity (Wildman–Crippen MR) is 79.3 cm³/mol. The largest absolute Gasteiger partial charge is 0.326 e. The lowest BCUT2D eigenvalue weighted by Gasteiger charge is -2.10. The minimum absolute atomic E-state index is 0.0260. The minimum Gasteiger partial charge on any atom is -0.326 e. The number of carbonyl (C=O) groups is 1. The van der Waals surface area contributed by atoms with Crippen LogP contribution in [-0.2, 0) is 14.6 Å². The Balaban J connectivity index is 2.06. The summed E-state index contributed by atoms with van der Waals surface area (Å²) in [5.41, 5.74) is 1.87. The van der Waals surface area contributed by atoms with Crippen LogP contribution in [0.1, 0.15) is 12.0 Å². The van der Waals surface area contributed by atoms with Crippen LogP contribution in [0.5, 0.6) is 0 Å². The van der Waals surface area contributed by atoms with Gasteiger partial charge in [0.2, 0.25) is 5.91 Å². The zero-order valence-electron chi connectivity index (χ0n) is 9.94. The lowest BCUT2D eigenvalue weighted by Crippen LogP contribution is -2.23. The maximum atomic E-state index is 11.9. The fourth-order valence-electron chi connectivity index (χ4n) is 1.92. The molecule has 1 aromatic rings. The number of amides is 1. The van der Waals surface area contributed by atoms with Gasteiger partial charge in [-0.05, 0) is 53.6 Å². The zero-order valence-corrected chi connectivity index (χ0v) is 12.9. The monoisotopic (exact) mass is 379 g/mol. The van der Waals surface area contributed by atoms with E-state index in [1.807, 2.05) is 25.1 Å². The average Bonchev–Trinajstić information content (AvgIpc) is 2.64. The molecule has 0 aliphatic carbocycles. The third-order valence-electron chi connectivity index (χ3n) is 3.04. The zero-order chi connectivity index (χ0) is 13.3. The summed E-state index contributed by atoms with van der Waals surface area (Å²) in [6.07, 6.45) is 0.428. The summed E-state index contributed by atoms with van der Waals surface area (Å²) in [5.74, 6) is -0.511. The van der Waals surface area contributed by atoms with Gasteiger partial charge in [0.1, 0.15) is 0 Å². The molecule has 1 aliphatic heterocycles. The van der Waals surface area contributed by atoms with E-state index >= 15 is 0 Å². The number of sulfone groups is 1. The van der Waals surface area contributed by atoms with Gasteiger partial charge in [-0.25, -0.2) is 8.42 Å². The second kappa shape index (κ2) is 5.16. The van der Waals surface area contributed by atoms with Crippen molar-refractivity contribution in [3.63, 3.8) is 0 Å². The number of benzene rings is 1. The summed E-state index contributed by atoms with van der Waals surface area (Å²) in [4.78, 5) is 11.9. The number of halogens is 1. The van der Waals surface area contributed by atoms with Gasteiger partial charge in [0.05, 0.1) is 17.4 Å². The van der Waals surface area contributed by atoms with Gasteiger partial charge < -0.3 is 5.32 Å². The molecule has 1 aromatic carbocycles. The second-order valence-corrected chi connectivity index (χ2v) is 7.94. The summed E-state index contributed by atoms with van der Waals surface area (Å²) in [7, 11) is -3.01. The number of rotatable bonds is 2. The van der Waals surface area contributed by atoms with Gasteiger partial charge in [-0.1, -0.05) is 6.07 Å². The van der Waals surface area contributed by atoms with Crippen LogP contribution in [0.15, 0.2) is 18.2 Å². The van der Waals surface area contributed by atoms with E-state index in [0.717, 1.165) is 14.8 Å². The molecule has 18 heavy (non-hydrogen) atoms. The molecule has 1 N–H and O–H groups in total. The minimum atomic E-state index is -3.01. The molecule has 0 bridgehead atoms. The maximum absolute atomic E-state index is 11.9. The van der Waals surface area contributed by atoms with Crippen LogP contribution in [0, 0.1) is 16.4 Å². The Morgan fingerprint density at radius 2 is 2.17 bits per heavy atom. The van der Waals surface area contributed by atoms with E-state index in [9.17, 15) is 13.2 Å². The first kappa shape index (κ1) is 13.8. The smallest absolute Gasteiger partial charge is 0.228 e. The molecule has 98 valence electrons. The Bertz CT molecular complexity index is 583. The van der Waals surface area contributed by atoms with E-state index in [1.54, 1.807) is 0 Å². The van der Waals surface area contributed by atoms with Crippen molar-refractivity contribution in [1.29, 1.82) is 0 Å². The van der Waals surface area contributed by atoms with Crippen molar-refractivity contribution in [3.8, 4) is 0 Å². The predicted octanol–water partition coefficient (Wildman–Crippen LogP) is 1.97. The molecule has 4 nitrogen and oxygen atoms in total. The van der Waals surface area contributed by atoms with Crippen molar-refractivity contribution in [3.05, 3.63) is 27.3 Å². The van der Waals surface area contributed by atoms with Crippen LogP contribution in [0.4, 0.5) is 5.69 Å². The van der Waals surface area contributed by atoms with E-state index in [1.165, 1.54) is 0 Å². The van der Waals surface area contributed by atoms with Crippen molar-refractivity contribution in [2.75, 3.05) is 16.8 Å². The lowest BCUT2D eigenvalue weighted by molar-refractivity contribution is -0.119. The first-order valence-electron chi connectivity index (χ1n) is 5.65. The summed E-state index contributed by atoms with van der Waals surface area (Å²) in [5, 5.41) is 2.78. The molecule has 0 unspecified atom stereocenters. The second-order valence-electron chi connectivity index (χ2n) is 4.55. The van der Waals surface area contributed by atoms with Crippen molar-refractivity contribution in [2.45, 2.75) is 13.3 Å². The number of carbonyl (C=O) groups excluding carboxylic acids is 1. The van der Waals surface area contributed by atoms with Crippen LogP contribution in [-0.4, -0.2) is 25.8 Å². The van der Waals surface area contributed by atoms with Crippen molar-refractivity contribution < 1.29 is 13.2 Å². The molecule has 1 atom stereocenters. The summed E-state index contributed by atoms with van der Waals surface area (Å²) < 4.78 is 23.7. The first-order valence-corrected chi connectivity index (χ1v) is 8.55. The van der Waals surface area contributed by atoms with Gasteiger partial charge in [-0.3, -0.25) is 4.79 Å². The molecule has 1 fully saturated rings. The number of anilines is 1. The van der Waals surface area contributed by atoms with Crippen LogP contribution >= 0.6 is 22.6 Å². The highest BCUT2D eigenvalue weighted by Crippen LogP contribution is 2.22. The number of hydrogen-bond acceptors (Lipinski definition) is 3. The van der Waals surface area contributed by atoms with Crippen molar-refractivity contribution >= 4 is 44.0 Å². The van der Waals surface area contributed by atoms with Crippen LogP contribution in [0.2, 0.25) is 0 Å². The van der Waals surface area contributed by atoms with E-state index in [2.05, 4.69) is 27.9 Å². The Morgan fingerprint density at radius 1 is 1.44 bits per heavy atom. The van der Waals surface area contributed by atoms with E-state index in [0.29, 0.717) is 6.42 Å². The molecule has 0 saturated carbocycles. The highest BCUT2D eigenvalue weighted by atomic mass is 127. The molecular formula is C12H14INO3S. The van der Waals surface area contributed by atoms with E-state index < -0.39 is 15.8 Å². The highest BCUT2D eigenvalue weighted by molar-refractivity contribution is 14.1. The molecule has 0 spiro atoms. The molecule has 0 aromatic heterocycles. The first-order chi connectivity index (χ1) is 8.37. The summed E-state index contributed by atoms with van der Waals surface area (Å²) in [6.45, 7) is 2.00. The molecule has 1 saturated heterocycles. The topological polar surface area (TPSA) is 63.2 Å². The van der Waals surface area contributed by atoms with Gasteiger partial charge >= 0.3 is 0 Å². The van der Waals surface area contributed by atoms with E-state index in [-0.39, 0.29) is 17.4 Å². The fourth-order valence-corrected chi connectivity index (χ4v) is 4.17. The Labute approximate surface area is 120 Å². The van der Waals surface area contributed by atoms with Gasteiger partial charge in [0, 0.05) is 9.26 Å². The molecule has 1 aliphatic rings. The lowest BCUT2D eigenvalue weighted by atomic mass is 10.1. The Kier molecular flexibility index (Phi) is 3.96. The average molecular weight is 379 g/mol. The standard InChI is InChI=1S/C12H14INO3S/c1-8-2-3-10(6-11(8)13)14-12(15)9-4-5-18(16,17)7-9/h2-3,6,9H,4-5,7H2,1H3,(H,14,15)/t9-/m0/s1. The fraction of sp³-hybridized carbons (Fsp3) is 0.417. The van der Waals surface area contributed by atoms with Gasteiger partial charge in [0.25, 0.3) is 0 Å². The van der Waals surface area contributed by atoms with Gasteiger partial charge in [-0.2, -0.15) is 0 Å². The highest BCUT2D eigenvalue weighted by Gasteiger charge is 2.32. The summed E-state index contributed by atoms with van der Waals surface area (Å²) >= 11 is 2.20. The van der Waals surface area contributed by atoms with Gasteiger partial charge in [-0.15, -0.1) is 0 Å². The quantitative estimate of drug-likeness (QED) is 0.800. The Morgan fingerprint density at radius 3 is 2.72 bits per heavy atom. The number of nitrogens with one attached hydrogen (secondary N) is 1. The van der Waals surface area contributed by atoms with Crippen molar-refractivity contribution in [1.82, 2.24) is 0 Å². The van der Waals surface area contributed by atoms with Crippen molar-refractivity contribution in [2.24, 2.45) is 5.92 Å². The third-order valence-corrected chi connectivity index (χ3v) is 5.97. The molecule has 2 rings (SSSR count). The SMILES string of the molecule is Cc1ccc(NC(=O)[C@H]2CCS(=O)(=O)C2)cc1I. The molecular weight excluding hydrogens is 365 g/mol.